The fourth-order valence-corrected chi connectivity index (χ4v) is 2.74. The number of carbonyl (C=O) groups excluding carboxylic acids is 2. The van der Waals surface area contributed by atoms with Crippen LogP contribution in [0.2, 0.25) is 0 Å². The predicted octanol–water partition coefficient (Wildman–Crippen LogP) is 3.71. The van der Waals surface area contributed by atoms with Gasteiger partial charge in [-0.2, -0.15) is 0 Å². The van der Waals surface area contributed by atoms with E-state index >= 15 is 0 Å². The lowest BCUT2D eigenvalue weighted by Crippen LogP contribution is -2.28. The van der Waals surface area contributed by atoms with E-state index in [1.54, 1.807) is 17.9 Å². The van der Waals surface area contributed by atoms with E-state index in [1.165, 1.54) is 0 Å². The second-order valence-electron chi connectivity index (χ2n) is 6.46. The molecule has 1 aromatic carbocycles. The Hall–Kier alpha value is -2.36. The molecule has 4 nitrogen and oxygen atoms in total. The van der Waals surface area contributed by atoms with Crippen molar-refractivity contribution >= 4 is 18.0 Å². The number of esters is 1. The maximum atomic E-state index is 12.9. The van der Waals surface area contributed by atoms with Crippen molar-refractivity contribution in [2.75, 3.05) is 13.2 Å². The first-order valence-electron chi connectivity index (χ1n) is 8.33. The second kappa shape index (κ2) is 7.47. The molecule has 4 heteroatoms. The zero-order valence-electron chi connectivity index (χ0n) is 15.1. The van der Waals surface area contributed by atoms with Crippen LogP contribution >= 0.6 is 0 Å². The number of allylic oxidation sites excluding steroid dienone is 1. The van der Waals surface area contributed by atoms with Gasteiger partial charge >= 0.3 is 5.97 Å². The van der Waals surface area contributed by atoms with Crippen LogP contribution < -0.4 is 0 Å². The van der Waals surface area contributed by atoms with Crippen molar-refractivity contribution < 1.29 is 14.3 Å². The van der Waals surface area contributed by atoms with Crippen LogP contribution in [0.3, 0.4) is 0 Å². The number of carbonyl (C=O) groups is 2. The summed E-state index contributed by atoms with van der Waals surface area (Å²) in [6.45, 7) is 10.5. The molecule has 1 amide bonds. The van der Waals surface area contributed by atoms with Gasteiger partial charge in [0, 0.05) is 12.2 Å². The summed E-state index contributed by atoms with van der Waals surface area (Å²) in [5.74, 6) is -0.260. The van der Waals surface area contributed by atoms with Gasteiger partial charge in [-0.05, 0) is 38.3 Å². The molecule has 0 aromatic heterocycles. The maximum Gasteiger partial charge on any atom is 0.340 e. The summed E-state index contributed by atoms with van der Waals surface area (Å²) in [5.41, 5.74) is 3.50. The zero-order chi connectivity index (χ0) is 17.9. The van der Waals surface area contributed by atoms with Crippen LogP contribution in [0.15, 0.2) is 41.1 Å². The summed E-state index contributed by atoms with van der Waals surface area (Å²) in [5, 5.41) is 0. The van der Waals surface area contributed by atoms with E-state index in [0.29, 0.717) is 29.3 Å². The van der Waals surface area contributed by atoms with Crippen LogP contribution in [-0.4, -0.2) is 29.9 Å². The van der Waals surface area contributed by atoms with Crippen LogP contribution in [-0.2, 0) is 14.3 Å². The van der Waals surface area contributed by atoms with E-state index in [1.807, 2.05) is 52.0 Å². The number of rotatable bonds is 5. The summed E-state index contributed by atoms with van der Waals surface area (Å²) in [7, 11) is 0. The number of hydrogen-bond acceptors (Lipinski definition) is 3. The van der Waals surface area contributed by atoms with Crippen molar-refractivity contribution in [3.8, 4) is 0 Å². The second-order valence-corrected chi connectivity index (χ2v) is 6.46. The molecule has 0 atom stereocenters. The van der Waals surface area contributed by atoms with Gasteiger partial charge < -0.3 is 9.64 Å². The lowest BCUT2D eigenvalue weighted by Gasteiger charge is -2.19. The number of nitrogens with zero attached hydrogens (tertiary/aromatic N) is 1. The van der Waals surface area contributed by atoms with Gasteiger partial charge in [-0.15, -0.1) is 0 Å². The molecule has 0 unspecified atom stereocenters. The molecule has 0 N–H and O–H groups in total. The van der Waals surface area contributed by atoms with E-state index in [0.717, 1.165) is 11.1 Å². The number of ether oxygens (including phenoxy) is 1. The normalized spacial score (nSPS) is 16.5. The summed E-state index contributed by atoms with van der Waals surface area (Å²) < 4.78 is 5.17. The molecule has 0 aliphatic carbocycles. The average molecular weight is 327 g/mol. The molecule has 0 bridgehead atoms. The van der Waals surface area contributed by atoms with E-state index in [9.17, 15) is 9.59 Å². The van der Waals surface area contributed by atoms with Crippen molar-refractivity contribution in [2.45, 2.75) is 34.6 Å². The lowest BCUT2D eigenvalue weighted by molar-refractivity contribution is -0.138. The molecule has 1 aliphatic heterocycles. The van der Waals surface area contributed by atoms with Crippen molar-refractivity contribution in [3.05, 3.63) is 52.2 Å². The monoisotopic (exact) mass is 327 g/mol. The molecule has 0 radical (unpaired) electrons. The Morgan fingerprint density at radius 2 is 1.83 bits per heavy atom. The molecule has 0 fully saturated rings. The van der Waals surface area contributed by atoms with Gasteiger partial charge in [-0.25, -0.2) is 4.79 Å². The minimum Gasteiger partial charge on any atom is -0.462 e. The first-order chi connectivity index (χ1) is 11.3. The lowest BCUT2D eigenvalue weighted by atomic mass is 10.0. The first-order valence-corrected chi connectivity index (χ1v) is 8.33. The van der Waals surface area contributed by atoms with E-state index < -0.39 is 5.97 Å². The molecule has 0 saturated carbocycles. The molecule has 128 valence electrons. The van der Waals surface area contributed by atoms with Gasteiger partial charge in [0.1, 0.15) is 0 Å². The summed E-state index contributed by atoms with van der Waals surface area (Å²) >= 11 is 0. The summed E-state index contributed by atoms with van der Waals surface area (Å²) in [6, 6.07) is 7.86. The SMILES string of the molecule is CCOC(=O)C1=C(C)N(CC(C)C)C(=O)C1=Cc1ccc(C)cc1. The van der Waals surface area contributed by atoms with Gasteiger partial charge in [0.25, 0.3) is 5.91 Å². The largest absolute Gasteiger partial charge is 0.462 e. The average Bonchev–Trinajstić information content (AvgIpc) is 2.74. The fraction of sp³-hybridized carbons (Fsp3) is 0.400. The van der Waals surface area contributed by atoms with Crippen molar-refractivity contribution in [3.63, 3.8) is 0 Å². The molecule has 1 aliphatic rings. The molecular formula is C20H25NO3. The maximum absolute atomic E-state index is 12.9. The third-order valence-corrected chi connectivity index (χ3v) is 3.93. The number of amides is 1. The molecular weight excluding hydrogens is 302 g/mol. The zero-order valence-corrected chi connectivity index (χ0v) is 15.1. The third-order valence-electron chi connectivity index (χ3n) is 3.93. The molecule has 24 heavy (non-hydrogen) atoms. The minimum absolute atomic E-state index is 0.134. The standard InChI is InChI=1S/C20H25NO3/c1-6-24-20(23)18-15(5)21(12-13(2)3)19(22)17(18)11-16-9-7-14(4)8-10-16/h7-11,13H,6,12H2,1-5H3. The van der Waals surface area contributed by atoms with Gasteiger partial charge in [0.05, 0.1) is 17.8 Å². The van der Waals surface area contributed by atoms with Crippen LogP contribution in [0, 0.1) is 12.8 Å². The van der Waals surface area contributed by atoms with Crippen LogP contribution in [0.1, 0.15) is 38.8 Å². The highest BCUT2D eigenvalue weighted by Gasteiger charge is 2.37. The van der Waals surface area contributed by atoms with Crippen LogP contribution in [0.5, 0.6) is 0 Å². The Morgan fingerprint density at radius 3 is 2.38 bits per heavy atom. The van der Waals surface area contributed by atoms with Crippen LogP contribution in [0.4, 0.5) is 0 Å². The van der Waals surface area contributed by atoms with Crippen LogP contribution in [0.25, 0.3) is 6.08 Å². The Bertz CT molecular complexity index is 696. The minimum atomic E-state index is -0.437. The Balaban J connectivity index is 2.48. The molecule has 2 rings (SSSR count). The smallest absolute Gasteiger partial charge is 0.340 e. The van der Waals surface area contributed by atoms with Gasteiger partial charge in [-0.3, -0.25) is 4.79 Å². The Morgan fingerprint density at radius 1 is 1.21 bits per heavy atom. The van der Waals surface area contributed by atoms with Gasteiger partial charge in [0.2, 0.25) is 0 Å². The van der Waals surface area contributed by atoms with E-state index in [4.69, 9.17) is 4.74 Å². The quantitative estimate of drug-likeness (QED) is 0.612. The molecule has 1 aromatic rings. The van der Waals surface area contributed by atoms with Crippen molar-refractivity contribution in [1.29, 1.82) is 0 Å². The highest BCUT2D eigenvalue weighted by Crippen LogP contribution is 2.32. The molecule has 1 heterocycles. The first kappa shape index (κ1) is 18.0. The number of benzene rings is 1. The third kappa shape index (κ3) is 3.75. The summed E-state index contributed by atoms with van der Waals surface area (Å²) in [4.78, 5) is 26.9. The van der Waals surface area contributed by atoms with Gasteiger partial charge in [-0.1, -0.05) is 43.7 Å². The Kier molecular flexibility index (Phi) is 5.60. The highest BCUT2D eigenvalue weighted by molar-refractivity contribution is 6.16. The van der Waals surface area contributed by atoms with Gasteiger partial charge in [0.15, 0.2) is 0 Å². The van der Waals surface area contributed by atoms with Crippen molar-refractivity contribution in [2.24, 2.45) is 5.92 Å². The molecule has 0 spiro atoms. The Labute approximate surface area is 143 Å². The predicted molar refractivity (Wildman–Crippen MR) is 95.0 cm³/mol. The fourth-order valence-electron chi connectivity index (χ4n) is 2.74. The summed E-state index contributed by atoms with van der Waals surface area (Å²) in [6.07, 6.45) is 1.78. The molecule has 0 saturated heterocycles. The number of hydrogen-bond donors (Lipinski definition) is 0. The van der Waals surface area contributed by atoms with E-state index in [-0.39, 0.29) is 12.5 Å². The topological polar surface area (TPSA) is 46.6 Å². The highest BCUT2D eigenvalue weighted by atomic mass is 16.5. The van der Waals surface area contributed by atoms with E-state index in [2.05, 4.69) is 0 Å². The number of aryl methyl sites for hydroxylation is 1. The van der Waals surface area contributed by atoms with Crippen molar-refractivity contribution in [1.82, 2.24) is 4.90 Å².